The number of carbonyl (C=O) groups excluding carboxylic acids is 2. The van der Waals surface area contributed by atoms with E-state index in [4.69, 9.17) is 9.47 Å². The van der Waals surface area contributed by atoms with Gasteiger partial charge in [0.05, 0.1) is 25.3 Å². The van der Waals surface area contributed by atoms with Crippen molar-refractivity contribution in [3.63, 3.8) is 0 Å². The summed E-state index contributed by atoms with van der Waals surface area (Å²) in [5.41, 5.74) is 5.63. The number of fused-ring (bicyclic) bond motifs is 3. The van der Waals surface area contributed by atoms with Gasteiger partial charge in [0.15, 0.2) is 0 Å². The minimum atomic E-state index is -2.21. The fraction of sp³-hybridized carbons (Fsp3) is 0.310. The SMILES string of the molecule is CCCCCc1c(C(=O)OC)c(C(=O)OC)c(-c2ccccc2)c2c1-c1ccccc1[Si]2(C)C. The van der Waals surface area contributed by atoms with Gasteiger partial charge in [0.1, 0.15) is 8.07 Å². The number of ether oxygens (including phenoxy) is 2. The first kappa shape index (κ1) is 24.0. The Morgan fingerprint density at radius 2 is 1.41 bits per heavy atom. The molecule has 0 N–H and O–H groups in total. The summed E-state index contributed by atoms with van der Waals surface area (Å²) in [4.78, 5) is 26.7. The van der Waals surface area contributed by atoms with Crippen LogP contribution in [0.4, 0.5) is 0 Å². The van der Waals surface area contributed by atoms with Gasteiger partial charge in [-0.3, -0.25) is 0 Å². The number of unbranched alkanes of at least 4 members (excludes halogenated alkanes) is 2. The molecule has 176 valence electrons. The van der Waals surface area contributed by atoms with Gasteiger partial charge in [0, 0.05) is 0 Å². The van der Waals surface area contributed by atoms with Gasteiger partial charge in [0.2, 0.25) is 0 Å². The zero-order valence-corrected chi connectivity index (χ0v) is 21.7. The first-order valence-electron chi connectivity index (χ1n) is 11.9. The van der Waals surface area contributed by atoms with Crippen LogP contribution in [0.25, 0.3) is 22.3 Å². The molecule has 0 bridgehead atoms. The van der Waals surface area contributed by atoms with Gasteiger partial charge in [0.25, 0.3) is 0 Å². The van der Waals surface area contributed by atoms with E-state index in [1.54, 1.807) is 0 Å². The van der Waals surface area contributed by atoms with Crippen LogP contribution in [0.15, 0.2) is 54.6 Å². The van der Waals surface area contributed by atoms with Crippen LogP contribution in [0.5, 0.6) is 0 Å². The third-order valence-corrected chi connectivity index (χ3v) is 10.5. The van der Waals surface area contributed by atoms with Crippen molar-refractivity contribution in [3.8, 4) is 22.3 Å². The van der Waals surface area contributed by atoms with E-state index in [2.05, 4.69) is 44.3 Å². The molecule has 0 amide bonds. The van der Waals surface area contributed by atoms with Crippen LogP contribution in [-0.2, 0) is 15.9 Å². The number of hydrogen-bond donors (Lipinski definition) is 0. The Balaban J connectivity index is 2.24. The molecule has 3 aromatic carbocycles. The number of esters is 2. The van der Waals surface area contributed by atoms with Crippen LogP contribution in [-0.4, -0.2) is 34.2 Å². The van der Waals surface area contributed by atoms with Crippen molar-refractivity contribution in [3.05, 3.63) is 71.3 Å². The van der Waals surface area contributed by atoms with Crippen molar-refractivity contribution in [2.75, 3.05) is 14.2 Å². The average Bonchev–Trinajstić information content (AvgIpc) is 3.10. The van der Waals surface area contributed by atoms with Gasteiger partial charge < -0.3 is 9.47 Å². The minimum absolute atomic E-state index is 0.333. The monoisotopic (exact) mass is 472 g/mol. The Morgan fingerprint density at radius 1 is 0.794 bits per heavy atom. The maximum atomic E-state index is 13.4. The lowest BCUT2D eigenvalue weighted by Gasteiger charge is -2.27. The molecule has 0 fully saturated rings. The maximum Gasteiger partial charge on any atom is 0.339 e. The van der Waals surface area contributed by atoms with Crippen LogP contribution in [0, 0.1) is 0 Å². The van der Waals surface area contributed by atoms with Gasteiger partial charge in [-0.1, -0.05) is 87.5 Å². The summed E-state index contributed by atoms with van der Waals surface area (Å²) in [6.07, 6.45) is 3.76. The molecule has 5 heteroatoms. The highest BCUT2D eigenvalue weighted by Gasteiger charge is 2.44. The highest BCUT2D eigenvalue weighted by atomic mass is 28.3. The molecule has 1 aliphatic rings. The Labute approximate surface area is 202 Å². The summed E-state index contributed by atoms with van der Waals surface area (Å²) < 4.78 is 10.6. The van der Waals surface area contributed by atoms with E-state index < -0.39 is 20.0 Å². The lowest BCUT2D eigenvalue weighted by atomic mass is 9.84. The molecule has 1 heterocycles. The van der Waals surface area contributed by atoms with Gasteiger partial charge in [-0.05, 0) is 51.0 Å². The fourth-order valence-corrected chi connectivity index (χ4v) is 8.90. The van der Waals surface area contributed by atoms with E-state index in [0.29, 0.717) is 17.5 Å². The van der Waals surface area contributed by atoms with Crippen molar-refractivity contribution >= 4 is 30.4 Å². The van der Waals surface area contributed by atoms with E-state index in [1.807, 2.05) is 30.3 Å². The number of benzene rings is 3. The Morgan fingerprint density at radius 3 is 2.06 bits per heavy atom. The molecular formula is C29H32O4Si. The molecule has 0 atom stereocenters. The number of hydrogen-bond acceptors (Lipinski definition) is 4. The minimum Gasteiger partial charge on any atom is -0.465 e. The molecule has 1 aliphatic heterocycles. The summed E-state index contributed by atoms with van der Waals surface area (Å²) in [7, 11) is 0.545. The standard InChI is InChI=1S/C29H32O4Si/c1-6-7-9-17-21-24-20-16-12-13-18-22(20)34(4,5)27(24)23(19-14-10-8-11-15-19)26(29(31)33-3)25(21)28(30)32-2/h8,10-16,18H,6-7,9,17H2,1-5H3. The second-order valence-corrected chi connectivity index (χ2v) is 13.6. The second kappa shape index (κ2) is 9.59. The summed E-state index contributed by atoms with van der Waals surface area (Å²) in [5.74, 6) is -0.990. The normalized spacial score (nSPS) is 13.2. The summed E-state index contributed by atoms with van der Waals surface area (Å²) in [5, 5.41) is 2.54. The highest BCUT2D eigenvalue weighted by Crippen LogP contribution is 2.41. The van der Waals surface area contributed by atoms with Crippen molar-refractivity contribution in [1.29, 1.82) is 0 Å². The molecule has 3 aromatic rings. The largest absolute Gasteiger partial charge is 0.465 e. The molecule has 0 saturated carbocycles. The zero-order valence-electron chi connectivity index (χ0n) is 20.7. The second-order valence-electron chi connectivity index (χ2n) is 9.33. The van der Waals surface area contributed by atoms with Crippen molar-refractivity contribution in [2.45, 2.75) is 45.7 Å². The van der Waals surface area contributed by atoms with E-state index in [-0.39, 0.29) is 0 Å². The van der Waals surface area contributed by atoms with E-state index >= 15 is 0 Å². The van der Waals surface area contributed by atoms with Crippen LogP contribution in [0.2, 0.25) is 13.1 Å². The maximum absolute atomic E-state index is 13.4. The Kier molecular flexibility index (Phi) is 6.76. The predicted octanol–water partition coefficient (Wildman–Crippen LogP) is 5.46. The first-order valence-corrected chi connectivity index (χ1v) is 14.9. The van der Waals surface area contributed by atoms with E-state index in [9.17, 15) is 9.59 Å². The van der Waals surface area contributed by atoms with Crippen LogP contribution < -0.4 is 10.4 Å². The summed E-state index contributed by atoms with van der Waals surface area (Å²) in [6, 6.07) is 18.4. The topological polar surface area (TPSA) is 52.6 Å². The van der Waals surface area contributed by atoms with Crippen LogP contribution >= 0.6 is 0 Å². The molecule has 0 aromatic heterocycles. The molecule has 0 saturated heterocycles. The molecule has 4 nitrogen and oxygen atoms in total. The average molecular weight is 473 g/mol. The molecular weight excluding hydrogens is 440 g/mol. The third kappa shape index (κ3) is 3.78. The van der Waals surface area contributed by atoms with Crippen LogP contribution in [0.3, 0.4) is 0 Å². The Hall–Kier alpha value is -3.18. The summed E-state index contributed by atoms with van der Waals surface area (Å²) >= 11 is 0. The smallest absolute Gasteiger partial charge is 0.339 e. The lowest BCUT2D eigenvalue weighted by Crippen LogP contribution is -2.50. The van der Waals surface area contributed by atoms with E-state index in [1.165, 1.54) is 30.2 Å². The molecule has 4 rings (SSSR count). The molecule has 0 aliphatic carbocycles. The van der Waals surface area contributed by atoms with Crippen molar-refractivity contribution in [1.82, 2.24) is 0 Å². The molecule has 0 unspecified atom stereocenters. The van der Waals surface area contributed by atoms with Crippen molar-refractivity contribution in [2.24, 2.45) is 0 Å². The van der Waals surface area contributed by atoms with Crippen LogP contribution in [0.1, 0.15) is 52.5 Å². The summed E-state index contributed by atoms with van der Waals surface area (Å²) in [6.45, 7) is 6.83. The number of carbonyl (C=O) groups is 2. The molecule has 0 radical (unpaired) electrons. The van der Waals surface area contributed by atoms with E-state index in [0.717, 1.165) is 41.5 Å². The fourth-order valence-electron chi connectivity index (χ4n) is 5.43. The first-order chi connectivity index (χ1) is 16.4. The van der Waals surface area contributed by atoms with Crippen molar-refractivity contribution < 1.29 is 19.1 Å². The number of methoxy groups -OCH3 is 2. The van der Waals surface area contributed by atoms with Gasteiger partial charge in [-0.2, -0.15) is 0 Å². The number of rotatable bonds is 7. The van der Waals surface area contributed by atoms with Gasteiger partial charge in [-0.25, -0.2) is 9.59 Å². The Bertz CT molecular complexity index is 1240. The van der Waals surface area contributed by atoms with Gasteiger partial charge in [-0.15, -0.1) is 0 Å². The third-order valence-electron chi connectivity index (χ3n) is 6.97. The highest BCUT2D eigenvalue weighted by molar-refractivity contribution is 7.04. The quantitative estimate of drug-likeness (QED) is 0.260. The lowest BCUT2D eigenvalue weighted by molar-refractivity contribution is 0.0555. The molecule has 34 heavy (non-hydrogen) atoms. The zero-order chi connectivity index (χ0) is 24.5. The molecule has 0 spiro atoms. The predicted molar refractivity (Wildman–Crippen MR) is 140 cm³/mol. The van der Waals surface area contributed by atoms with Gasteiger partial charge >= 0.3 is 11.9 Å².